The number of hydrogen-bond donors (Lipinski definition) is 0. The molecule has 3 heteroatoms. The van der Waals surface area contributed by atoms with Crippen molar-refractivity contribution in [3.05, 3.63) is 29.6 Å². The average Bonchev–Trinajstić information content (AvgIpc) is 3.05. The van der Waals surface area contributed by atoms with Crippen LogP contribution in [0, 0.1) is 0 Å². The zero-order valence-corrected chi connectivity index (χ0v) is 10.2. The summed E-state index contributed by atoms with van der Waals surface area (Å²) in [6, 6.07) is 6.13. The van der Waals surface area contributed by atoms with Crippen molar-refractivity contribution in [1.82, 2.24) is 9.55 Å². The molecule has 0 saturated heterocycles. The first-order chi connectivity index (χ1) is 8.15. The highest BCUT2D eigenvalue weighted by atomic mass is 16.1. The van der Waals surface area contributed by atoms with Crippen LogP contribution in [0.5, 0.6) is 0 Å². The van der Waals surface area contributed by atoms with Crippen LogP contribution in [0.25, 0.3) is 11.0 Å². The molecular formula is C14H16N2O. The first-order valence-corrected chi connectivity index (χ1v) is 6.10. The van der Waals surface area contributed by atoms with Crippen LogP contribution in [0.15, 0.2) is 18.2 Å². The van der Waals surface area contributed by atoms with E-state index in [1.807, 2.05) is 12.1 Å². The van der Waals surface area contributed by atoms with Crippen molar-refractivity contribution in [2.45, 2.75) is 32.1 Å². The van der Waals surface area contributed by atoms with Gasteiger partial charge in [0.1, 0.15) is 11.6 Å². The van der Waals surface area contributed by atoms with Gasteiger partial charge in [-0.25, -0.2) is 4.98 Å². The third-order valence-corrected chi connectivity index (χ3v) is 3.38. The second-order valence-corrected chi connectivity index (χ2v) is 5.01. The summed E-state index contributed by atoms with van der Waals surface area (Å²) in [5, 5.41) is 0. The zero-order valence-electron chi connectivity index (χ0n) is 10.2. The molecule has 1 aromatic carbocycles. The third-order valence-electron chi connectivity index (χ3n) is 3.38. The Morgan fingerprint density at radius 1 is 1.47 bits per heavy atom. The standard InChI is InChI=1S/C14H16N2O/c1-9(17)7-10-3-6-12-13(8-10)16(2)14(15-12)11-4-5-11/h3,6,8,11H,4-5,7H2,1-2H3. The molecule has 17 heavy (non-hydrogen) atoms. The fraction of sp³-hybridized carbons (Fsp3) is 0.429. The number of imidazole rings is 1. The largest absolute Gasteiger partial charge is 0.331 e. The summed E-state index contributed by atoms with van der Waals surface area (Å²) in [4.78, 5) is 15.8. The molecule has 0 aliphatic heterocycles. The lowest BCUT2D eigenvalue weighted by molar-refractivity contribution is -0.116. The Morgan fingerprint density at radius 2 is 2.24 bits per heavy atom. The molecule has 1 aliphatic rings. The highest BCUT2D eigenvalue weighted by Gasteiger charge is 2.28. The molecule has 0 radical (unpaired) electrons. The lowest BCUT2D eigenvalue weighted by Crippen LogP contribution is -1.97. The number of ketones is 1. The minimum Gasteiger partial charge on any atom is -0.331 e. The van der Waals surface area contributed by atoms with Gasteiger partial charge in [-0.2, -0.15) is 0 Å². The molecule has 0 amide bonds. The number of Topliss-reactive ketones (excluding diaryl/α,β-unsaturated/α-hetero) is 1. The van der Waals surface area contributed by atoms with Gasteiger partial charge in [-0.3, -0.25) is 4.79 Å². The molecule has 0 atom stereocenters. The van der Waals surface area contributed by atoms with Gasteiger partial charge in [0.05, 0.1) is 11.0 Å². The van der Waals surface area contributed by atoms with E-state index in [0.717, 1.165) is 16.6 Å². The number of hydrogen-bond acceptors (Lipinski definition) is 2. The van der Waals surface area contributed by atoms with E-state index in [9.17, 15) is 4.79 Å². The van der Waals surface area contributed by atoms with Crippen LogP contribution in [-0.4, -0.2) is 15.3 Å². The fourth-order valence-electron chi connectivity index (χ4n) is 2.36. The molecule has 0 unspecified atom stereocenters. The molecule has 1 fully saturated rings. The predicted octanol–water partition coefficient (Wildman–Crippen LogP) is 2.58. The first kappa shape index (κ1) is 10.5. The fourth-order valence-corrected chi connectivity index (χ4v) is 2.36. The molecule has 1 aliphatic carbocycles. The summed E-state index contributed by atoms with van der Waals surface area (Å²) in [6.07, 6.45) is 3.04. The van der Waals surface area contributed by atoms with E-state index in [4.69, 9.17) is 0 Å². The Balaban J connectivity index is 2.08. The van der Waals surface area contributed by atoms with Crippen LogP contribution in [0.2, 0.25) is 0 Å². The first-order valence-electron chi connectivity index (χ1n) is 6.10. The molecule has 0 bridgehead atoms. The van der Waals surface area contributed by atoms with Crippen molar-refractivity contribution in [3.63, 3.8) is 0 Å². The van der Waals surface area contributed by atoms with Crippen LogP contribution >= 0.6 is 0 Å². The van der Waals surface area contributed by atoms with Crippen LogP contribution in [0.3, 0.4) is 0 Å². The second kappa shape index (κ2) is 3.69. The monoisotopic (exact) mass is 228 g/mol. The van der Waals surface area contributed by atoms with Gasteiger partial charge in [0, 0.05) is 19.4 Å². The van der Waals surface area contributed by atoms with Crippen molar-refractivity contribution < 1.29 is 4.79 Å². The molecule has 1 heterocycles. The predicted molar refractivity (Wildman–Crippen MR) is 67.1 cm³/mol. The number of aryl methyl sites for hydroxylation is 1. The number of benzene rings is 1. The molecule has 2 aromatic rings. The van der Waals surface area contributed by atoms with Gasteiger partial charge < -0.3 is 4.57 Å². The second-order valence-electron chi connectivity index (χ2n) is 5.01. The minimum atomic E-state index is 0.203. The number of fused-ring (bicyclic) bond motifs is 1. The van der Waals surface area contributed by atoms with Gasteiger partial charge in [-0.1, -0.05) is 6.07 Å². The highest BCUT2D eigenvalue weighted by molar-refractivity contribution is 5.82. The van der Waals surface area contributed by atoms with E-state index in [2.05, 4.69) is 22.7 Å². The smallest absolute Gasteiger partial charge is 0.134 e. The van der Waals surface area contributed by atoms with E-state index in [1.54, 1.807) is 6.92 Å². The average molecular weight is 228 g/mol. The van der Waals surface area contributed by atoms with Gasteiger partial charge >= 0.3 is 0 Å². The lowest BCUT2D eigenvalue weighted by atomic mass is 10.1. The normalized spacial score (nSPS) is 15.4. The Labute approximate surface area is 100 Å². The Morgan fingerprint density at radius 3 is 2.88 bits per heavy atom. The summed E-state index contributed by atoms with van der Waals surface area (Å²) >= 11 is 0. The van der Waals surface area contributed by atoms with Gasteiger partial charge in [0.25, 0.3) is 0 Å². The molecular weight excluding hydrogens is 212 g/mol. The maximum atomic E-state index is 11.1. The number of carbonyl (C=O) groups is 1. The van der Waals surface area contributed by atoms with Crippen molar-refractivity contribution >= 4 is 16.8 Å². The topological polar surface area (TPSA) is 34.9 Å². The zero-order chi connectivity index (χ0) is 12.0. The summed E-state index contributed by atoms with van der Waals surface area (Å²) in [6.45, 7) is 1.63. The van der Waals surface area contributed by atoms with E-state index >= 15 is 0 Å². The lowest BCUT2D eigenvalue weighted by Gasteiger charge is -2.01. The number of nitrogens with zero attached hydrogens (tertiary/aromatic N) is 2. The summed E-state index contributed by atoms with van der Waals surface area (Å²) < 4.78 is 2.18. The van der Waals surface area contributed by atoms with E-state index in [0.29, 0.717) is 12.3 Å². The maximum absolute atomic E-state index is 11.1. The van der Waals surface area contributed by atoms with E-state index < -0.39 is 0 Å². The molecule has 88 valence electrons. The number of aromatic nitrogens is 2. The molecule has 0 spiro atoms. The summed E-state index contributed by atoms with van der Waals surface area (Å²) in [5.41, 5.74) is 3.27. The molecule has 3 rings (SSSR count). The van der Waals surface area contributed by atoms with Crippen molar-refractivity contribution in [2.75, 3.05) is 0 Å². The van der Waals surface area contributed by atoms with Crippen LogP contribution in [-0.2, 0) is 18.3 Å². The van der Waals surface area contributed by atoms with Gasteiger partial charge in [0.2, 0.25) is 0 Å². The molecule has 0 N–H and O–H groups in total. The summed E-state index contributed by atoms with van der Waals surface area (Å²) in [7, 11) is 2.07. The summed E-state index contributed by atoms with van der Waals surface area (Å²) in [5.74, 6) is 2.05. The Kier molecular flexibility index (Phi) is 2.28. The molecule has 3 nitrogen and oxygen atoms in total. The quantitative estimate of drug-likeness (QED) is 0.809. The molecule has 1 aromatic heterocycles. The van der Waals surface area contributed by atoms with Crippen LogP contribution < -0.4 is 0 Å². The van der Waals surface area contributed by atoms with Gasteiger partial charge in [0.15, 0.2) is 0 Å². The van der Waals surface area contributed by atoms with E-state index in [-0.39, 0.29) is 5.78 Å². The van der Waals surface area contributed by atoms with Crippen molar-refractivity contribution in [1.29, 1.82) is 0 Å². The minimum absolute atomic E-state index is 0.203. The third kappa shape index (κ3) is 1.86. The van der Waals surface area contributed by atoms with Crippen molar-refractivity contribution in [3.8, 4) is 0 Å². The van der Waals surface area contributed by atoms with Gasteiger partial charge in [-0.05, 0) is 37.5 Å². The number of carbonyl (C=O) groups excluding carboxylic acids is 1. The van der Waals surface area contributed by atoms with Gasteiger partial charge in [-0.15, -0.1) is 0 Å². The maximum Gasteiger partial charge on any atom is 0.134 e. The SMILES string of the molecule is CC(=O)Cc1ccc2nc(C3CC3)n(C)c2c1. The van der Waals surface area contributed by atoms with E-state index in [1.165, 1.54) is 18.7 Å². The molecule has 1 saturated carbocycles. The van der Waals surface area contributed by atoms with Crippen molar-refractivity contribution in [2.24, 2.45) is 7.05 Å². The highest BCUT2D eigenvalue weighted by Crippen LogP contribution is 2.40. The Hall–Kier alpha value is -1.64. The van der Waals surface area contributed by atoms with Crippen LogP contribution in [0.4, 0.5) is 0 Å². The van der Waals surface area contributed by atoms with Crippen LogP contribution in [0.1, 0.15) is 37.1 Å². The Bertz CT molecular complexity index is 594. The number of rotatable bonds is 3.